The van der Waals surface area contributed by atoms with Crippen LogP contribution in [0.2, 0.25) is 0 Å². The molecule has 0 saturated carbocycles. The predicted octanol–water partition coefficient (Wildman–Crippen LogP) is 5.35. The second-order valence-corrected chi connectivity index (χ2v) is 12.1. The van der Waals surface area contributed by atoms with Gasteiger partial charge in [-0.15, -0.1) is 0 Å². The Bertz CT molecular complexity index is 1640. The highest BCUT2D eigenvalue weighted by molar-refractivity contribution is 7.89. The van der Waals surface area contributed by atoms with E-state index in [9.17, 15) is 12.8 Å². The second-order valence-electron chi connectivity index (χ2n) is 10.6. The fourth-order valence-corrected chi connectivity index (χ4v) is 6.16. The highest BCUT2D eigenvalue weighted by Gasteiger charge is 2.49. The summed E-state index contributed by atoms with van der Waals surface area (Å²) in [6, 6.07) is 20.9. The van der Waals surface area contributed by atoms with Crippen LogP contribution in [0.1, 0.15) is 36.3 Å². The zero-order valence-electron chi connectivity index (χ0n) is 22.6. The Morgan fingerprint density at radius 1 is 1.05 bits per heavy atom. The molecule has 3 heterocycles. The van der Waals surface area contributed by atoms with Crippen molar-refractivity contribution in [2.75, 3.05) is 13.7 Å². The number of nitrogens with two attached hydrogens (primary N) is 1. The van der Waals surface area contributed by atoms with Crippen LogP contribution in [0.15, 0.2) is 82.1 Å². The maximum absolute atomic E-state index is 14.8. The molecule has 4 aromatic rings. The van der Waals surface area contributed by atoms with Crippen LogP contribution in [0.3, 0.4) is 0 Å². The molecule has 214 valence electrons. The smallest absolute Gasteiger partial charge is 0.238 e. The lowest BCUT2D eigenvalue weighted by Crippen LogP contribution is -2.39. The molecular weight excluding hydrogens is 547 g/mol. The van der Waals surface area contributed by atoms with Crippen molar-refractivity contribution in [3.63, 3.8) is 0 Å². The molecule has 2 fully saturated rings. The van der Waals surface area contributed by atoms with Gasteiger partial charge >= 0.3 is 0 Å². The van der Waals surface area contributed by atoms with Gasteiger partial charge in [0.25, 0.3) is 0 Å². The van der Waals surface area contributed by atoms with Gasteiger partial charge in [-0.25, -0.2) is 22.9 Å². The van der Waals surface area contributed by atoms with E-state index in [1.807, 2.05) is 36.4 Å². The second kappa shape index (κ2) is 11.1. The fraction of sp³-hybridized carbons (Fsp3) is 0.323. The minimum Gasteiger partial charge on any atom is -0.440 e. The van der Waals surface area contributed by atoms with Crippen LogP contribution in [0.4, 0.5) is 4.39 Å². The van der Waals surface area contributed by atoms with Crippen molar-refractivity contribution in [1.82, 2.24) is 4.98 Å². The van der Waals surface area contributed by atoms with Gasteiger partial charge in [0.1, 0.15) is 17.1 Å². The summed E-state index contributed by atoms with van der Waals surface area (Å²) in [6.07, 6.45) is 2.75. The number of benzene rings is 3. The van der Waals surface area contributed by atoms with Gasteiger partial charge < -0.3 is 18.6 Å². The molecule has 2 N–H and O–H groups in total. The molecule has 6 rings (SSSR count). The van der Waals surface area contributed by atoms with Crippen molar-refractivity contribution in [3.05, 3.63) is 95.6 Å². The van der Waals surface area contributed by atoms with E-state index >= 15 is 0 Å². The van der Waals surface area contributed by atoms with Gasteiger partial charge in [0.2, 0.25) is 10.0 Å². The van der Waals surface area contributed by atoms with E-state index in [-0.39, 0.29) is 23.1 Å². The maximum atomic E-state index is 14.8. The average molecular weight is 579 g/mol. The van der Waals surface area contributed by atoms with Crippen LogP contribution in [0.5, 0.6) is 0 Å². The number of halogens is 1. The van der Waals surface area contributed by atoms with Crippen LogP contribution < -0.4 is 5.14 Å². The summed E-state index contributed by atoms with van der Waals surface area (Å²) in [7, 11) is -2.13. The molecule has 3 aromatic carbocycles. The molecule has 41 heavy (non-hydrogen) atoms. The first-order chi connectivity index (χ1) is 19.7. The van der Waals surface area contributed by atoms with Crippen molar-refractivity contribution >= 4 is 10.0 Å². The van der Waals surface area contributed by atoms with E-state index in [2.05, 4.69) is 0 Å². The van der Waals surface area contributed by atoms with Gasteiger partial charge in [-0.1, -0.05) is 36.4 Å². The number of rotatable bonds is 9. The Morgan fingerprint density at radius 3 is 2.56 bits per heavy atom. The van der Waals surface area contributed by atoms with Gasteiger partial charge in [-0.05, 0) is 60.4 Å². The molecular formula is C31H31FN2O6S. The third kappa shape index (κ3) is 5.84. The summed E-state index contributed by atoms with van der Waals surface area (Å²) in [6.45, 7) is 0.375. The van der Waals surface area contributed by atoms with E-state index in [4.69, 9.17) is 28.8 Å². The fourth-order valence-electron chi connectivity index (χ4n) is 5.64. The monoisotopic (exact) mass is 578 g/mol. The van der Waals surface area contributed by atoms with Crippen molar-refractivity contribution in [1.29, 1.82) is 0 Å². The average Bonchev–Trinajstić information content (AvgIpc) is 3.53. The largest absolute Gasteiger partial charge is 0.440 e. The minimum absolute atomic E-state index is 0.00286. The zero-order chi connectivity index (χ0) is 28.6. The van der Waals surface area contributed by atoms with Gasteiger partial charge in [0.05, 0.1) is 17.6 Å². The van der Waals surface area contributed by atoms with Gasteiger partial charge in [0, 0.05) is 37.5 Å². The highest BCUT2D eigenvalue weighted by atomic mass is 32.2. The Morgan fingerprint density at radius 2 is 1.83 bits per heavy atom. The summed E-state index contributed by atoms with van der Waals surface area (Å²) >= 11 is 0. The van der Waals surface area contributed by atoms with Crippen molar-refractivity contribution in [2.45, 2.75) is 55.0 Å². The van der Waals surface area contributed by atoms with E-state index in [1.54, 1.807) is 25.3 Å². The highest BCUT2D eigenvalue weighted by Crippen LogP contribution is 2.45. The van der Waals surface area contributed by atoms with Crippen LogP contribution in [0, 0.1) is 5.82 Å². The number of fused-ring (bicyclic) bond motifs is 2. The molecule has 2 aliphatic heterocycles. The number of oxazole rings is 1. The van der Waals surface area contributed by atoms with Gasteiger partial charge in [-0.2, -0.15) is 0 Å². The van der Waals surface area contributed by atoms with Crippen molar-refractivity contribution < 1.29 is 31.4 Å². The number of ether oxygens (including phenoxy) is 3. The Balaban J connectivity index is 1.22. The van der Waals surface area contributed by atoms with Gasteiger partial charge in [0.15, 0.2) is 17.9 Å². The van der Waals surface area contributed by atoms with E-state index in [0.29, 0.717) is 61.6 Å². The van der Waals surface area contributed by atoms with Crippen LogP contribution in [0.25, 0.3) is 22.6 Å². The molecule has 2 bridgehead atoms. The molecule has 8 nitrogen and oxygen atoms in total. The lowest BCUT2D eigenvalue weighted by atomic mass is 9.85. The van der Waals surface area contributed by atoms with Crippen LogP contribution in [-0.2, 0) is 42.7 Å². The lowest BCUT2D eigenvalue weighted by Gasteiger charge is -2.36. The number of hydrogen-bond acceptors (Lipinski definition) is 7. The molecule has 2 saturated heterocycles. The third-order valence-electron chi connectivity index (χ3n) is 7.71. The summed E-state index contributed by atoms with van der Waals surface area (Å²) in [5.74, 6) is 0.763. The number of nitrogens with zero attached hydrogens (tertiary/aromatic N) is 1. The lowest BCUT2D eigenvalue weighted by molar-refractivity contribution is -0.162. The molecule has 0 amide bonds. The predicted molar refractivity (Wildman–Crippen MR) is 150 cm³/mol. The third-order valence-corrected chi connectivity index (χ3v) is 8.64. The Labute approximate surface area is 238 Å². The van der Waals surface area contributed by atoms with Gasteiger partial charge in [-0.3, -0.25) is 0 Å². The number of primary sulfonamides is 1. The van der Waals surface area contributed by atoms with Crippen LogP contribution in [-0.4, -0.2) is 39.5 Å². The summed E-state index contributed by atoms with van der Waals surface area (Å²) in [4.78, 5) is 4.80. The Hall–Kier alpha value is -3.41. The standard InChI is InChI=1S/C31H31FN2O6S/c1-37-25-17-28-38-19-31(18-25,40-28)23-14-20(15-24(32)16-23)6-5-9-27-34-29(21-7-3-2-4-8-21)30(39-27)22-10-12-26(13-11-22)41(33,35)36/h2-4,7-8,10-16,25,28H,5-6,9,17-19H2,1H3,(H2,33,35,36)/t25-,28-,31-/m1/s1. The summed E-state index contributed by atoms with van der Waals surface area (Å²) in [5, 5.41) is 5.26. The first kappa shape index (κ1) is 27.7. The zero-order valence-corrected chi connectivity index (χ0v) is 23.4. The first-order valence-corrected chi connectivity index (χ1v) is 15.1. The van der Waals surface area contributed by atoms with E-state index in [1.165, 1.54) is 18.2 Å². The topological polar surface area (TPSA) is 114 Å². The molecule has 1 aromatic heterocycles. The van der Waals surface area contributed by atoms with Crippen molar-refractivity contribution in [2.24, 2.45) is 5.14 Å². The first-order valence-electron chi connectivity index (χ1n) is 13.5. The van der Waals surface area contributed by atoms with E-state index < -0.39 is 15.6 Å². The van der Waals surface area contributed by atoms with E-state index in [0.717, 1.165) is 16.7 Å². The normalized spacial score (nSPS) is 22.2. The summed E-state index contributed by atoms with van der Waals surface area (Å²) in [5.41, 5.74) is 3.14. The van der Waals surface area contributed by atoms with Crippen LogP contribution >= 0.6 is 0 Å². The Kier molecular flexibility index (Phi) is 7.52. The summed E-state index contributed by atoms with van der Waals surface area (Å²) < 4.78 is 62.0. The molecule has 0 aliphatic carbocycles. The number of hydrogen-bond donors (Lipinski definition) is 1. The maximum Gasteiger partial charge on any atom is 0.238 e. The molecule has 10 heteroatoms. The molecule has 0 unspecified atom stereocenters. The number of aromatic nitrogens is 1. The molecule has 0 radical (unpaired) electrons. The molecule has 2 aliphatic rings. The number of methoxy groups -OCH3 is 1. The number of aryl methyl sites for hydroxylation is 2. The molecule has 0 spiro atoms. The quantitative estimate of drug-likeness (QED) is 0.285. The minimum atomic E-state index is -3.81. The number of sulfonamides is 1. The SMILES string of the molecule is CO[C@@H]1C[C@@H]2OC[C@@](c3cc(F)cc(CCCc4nc(-c5ccccc5)c(-c5ccc(S(N)(=O)=O)cc5)o4)c3)(C1)O2. The van der Waals surface area contributed by atoms with Crippen molar-refractivity contribution in [3.8, 4) is 22.6 Å². The molecule has 3 atom stereocenters.